The highest BCUT2D eigenvalue weighted by atomic mass is 31.2. The summed E-state index contributed by atoms with van der Waals surface area (Å²) in [5.41, 5.74) is 2.24. The second-order valence-electron chi connectivity index (χ2n) is 6.90. The molecule has 8 heteroatoms. The molecule has 4 rings (SSSR count). The molecule has 1 aliphatic rings. The molecule has 3 aromatic rings. The molecule has 0 N–H and O–H groups in total. The number of benzene rings is 2. The Morgan fingerprint density at radius 1 is 0.933 bits per heavy atom. The molecule has 0 bridgehead atoms. The topological polar surface area (TPSA) is 74.0 Å². The molecule has 2 heterocycles. The van der Waals surface area contributed by atoms with E-state index >= 15 is 0 Å². The van der Waals surface area contributed by atoms with Crippen molar-refractivity contribution in [1.29, 1.82) is 0 Å². The molecular weight excluding hydrogens is 403 g/mol. The molecule has 30 heavy (non-hydrogen) atoms. The lowest BCUT2D eigenvalue weighted by atomic mass is 9.91. The number of rotatable bonds is 7. The van der Waals surface area contributed by atoms with E-state index in [1.165, 1.54) is 14.2 Å². The van der Waals surface area contributed by atoms with Crippen molar-refractivity contribution in [3.8, 4) is 0 Å². The maximum atomic E-state index is 13.3. The summed E-state index contributed by atoms with van der Waals surface area (Å²) in [6, 6.07) is 20.0. The van der Waals surface area contributed by atoms with Crippen LogP contribution in [-0.4, -0.2) is 45.5 Å². The van der Waals surface area contributed by atoms with E-state index in [9.17, 15) is 4.57 Å². The average Bonchev–Trinajstić information content (AvgIpc) is 3.26. The monoisotopic (exact) mass is 428 g/mol. The van der Waals surface area contributed by atoms with Crippen LogP contribution in [0.1, 0.15) is 22.9 Å². The predicted octanol–water partition coefficient (Wildman–Crippen LogP) is 3.80. The van der Waals surface area contributed by atoms with E-state index in [4.69, 9.17) is 18.2 Å². The van der Waals surface area contributed by atoms with Crippen molar-refractivity contribution < 1.29 is 22.8 Å². The van der Waals surface area contributed by atoms with Gasteiger partial charge in [0.1, 0.15) is 0 Å². The van der Waals surface area contributed by atoms with E-state index in [1.54, 1.807) is 0 Å². The number of morpholine rings is 1. The summed E-state index contributed by atoms with van der Waals surface area (Å²) >= 11 is 0. The Balaban J connectivity index is 1.87. The molecule has 0 aliphatic carbocycles. The van der Waals surface area contributed by atoms with E-state index in [0.29, 0.717) is 38.1 Å². The van der Waals surface area contributed by atoms with Gasteiger partial charge >= 0.3 is 7.60 Å². The molecule has 0 amide bonds. The lowest BCUT2D eigenvalue weighted by Gasteiger charge is -2.27. The summed E-state index contributed by atoms with van der Waals surface area (Å²) in [6.07, 6.45) is 0. The number of oxazole rings is 1. The number of ether oxygens (including phenoxy) is 1. The lowest BCUT2D eigenvalue weighted by Crippen LogP contribution is -2.38. The summed E-state index contributed by atoms with van der Waals surface area (Å²) in [5.74, 6) is 0.596. The standard InChI is InChI=1S/C22H25N2O5P/c1-26-30(25,27-2)21-22(24-13-15-28-16-14-24)29-20(23-21)19(17-9-5-3-6-10-17)18-11-7-4-8-12-18/h3-12,19H,13-16H2,1-2H3. The van der Waals surface area contributed by atoms with Crippen LogP contribution in [0, 0.1) is 0 Å². The van der Waals surface area contributed by atoms with Gasteiger partial charge in [-0.15, -0.1) is 0 Å². The maximum Gasteiger partial charge on any atom is 0.384 e. The first-order valence-electron chi connectivity index (χ1n) is 9.81. The average molecular weight is 428 g/mol. The summed E-state index contributed by atoms with van der Waals surface area (Å²) in [5, 5.41) is 0. The Labute approximate surface area is 176 Å². The molecule has 1 aromatic heterocycles. The van der Waals surface area contributed by atoms with E-state index in [2.05, 4.69) is 4.98 Å². The maximum absolute atomic E-state index is 13.3. The zero-order valence-electron chi connectivity index (χ0n) is 17.1. The fourth-order valence-corrected chi connectivity index (χ4v) is 4.75. The third kappa shape index (κ3) is 4.07. The molecule has 0 atom stereocenters. The number of anilines is 1. The van der Waals surface area contributed by atoms with Gasteiger partial charge in [-0.05, 0) is 11.1 Å². The van der Waals surface area contributed by atoms with Crippen LogP contribution < -0.4 is 10.3 Å². The zero-order valence-corrected chi connectivity index (χ0v) is 18.0. The van der Waals surface area contributed by atoms with Gasteiger partial charge in [0.2, 0.25) is 17.2 Å². The normalized spacial score (nSPS) is 15.0. The summed E-state index contributed by atoms with van der Waals surface area (Å²) in [7, 11) is -0.918. The van der Waals surface area contributed by atoms with Gasteiger partial charge in [-0.1, -0.05) is 60.7 Å². The number of aromatic nitrogens is 1. The van der Waals surface area contributed by atoms with Gasteiger partial charge in [0.05, 0.1) is 19.1 Å². The summed E-state index contributed by atoms with van der Waals surface area (Å²) in [6.45, 7) is 2.33. The van der Waals surface area contributed by atoms with Gasteiger partial charge in [-0.3, -0.25) is 4.57 Å². The van der Waals surface area contributed by atoms with E-state index in [-0.39, 0.29) is 11.4 Å². The second kappa shape index (κ2) is 9.14. The molecule has 1 aliphatic heterocycles. The minimum Gasteiger partial charge on any atom is -0.423 e. The van der Waals surface area contributed by atoms with Crippen LogP contribution in [0.2, 0.25) is 0 Å². The van der Waals surface area contributed by atoms with Crippen molar-refractivity contribution in [2.75, 3.05) is 45.4 Å². The van der Waals surface area contributed by atoms with Crippen molar-refractivity contribution in [3.05, 3.63) is 77.7 Å². The molecule has 1 saturated heterocycles. The van der Waals surface area contributed by atoms with Crippen LogP contribution >= 0.6 is 7.60 Å². The molecule has 158 valence electrons. The molecule has 0 spiro atoms. The highest BCUT2D eigenvalue weighted by Crippen LogP contribution is 2.48. The first-order chi connectivity index (χ1) is 14.7. The Bertz CT molecular complexity index is 955. The minimum absolute atomic E-state index is 0.196. The van der Waals surface area contributed by atoms with Crippen LogP contribution in [-0.2, 0) is 18.3 Å². The van der Waals surface area contributed by atoms with Crippen molar-refractivity contribution >= 4 is 18.9 Å². The Kier molecular flexibility index (Phi) is 6.35. The molecular formula is C22H25N2O5P. The SMILES string of the molecule is COP(=O)(OC)c1nc(C(c2ccccc2)c2ccccc2)oc1N1CCOCC1. The summed E-state index contributed by atoms with van der Waals surface area (Å²) in [4.78, 5) is 6.67. The van der Waals surface area contributed by atoms with E-state index in [1.807, 2.05) is 65.6 Å². The van der Waals surface area contributed by atoms with Crippen molar-refractivity contribution in [2.45, 2.75) is 5.92 Å². The molecule has 0 saturated carbocycles. The van der Waals surface area contributed by atoms with Gasteiger partial charge in [-0.25, -0.2) is 4.98 Å². The molecule has 1 fully saturated rings. The van der Waals surface area contributed by atoms with Crippen LogP contribution in [0.25, 0.3) is 0 Å². The van der Waals surface area contributed by atoms with E-state index in [0.717, 1.165) is 11.1 Å². The highest BCUT2D eigenvalue weighted by molar-refractivity contribution is 7.62. The zero-order chi connectivity index (χ0) is 21.0. The summed E-state index contributed by atoms with van der Waals surface area (Å²) < 4.78 is 35.6. The fourth-order valence-electron chi connectivity index (χ4n) is 3.61. The van der Waals surface area contributed by atoms with Crippen LogP contribution in [0.4, 0.5) is 5.88 Å². The Morgan fingerprint density at radius 3 is 1.97 bits per heavy atom. The van der Waals surface area contributed by atoms with Gasteiger partial charge in [-0.2, -0.15) is 0 Å². The third-order valence-corrected chi connectivity index (χ3v) is 6.93. The number of hydrogen-bond acceptors (Lipinski definition) is 7. The smallest absolute Gasteiger partial charge is 0.384 e. The van der Waals surface area contributed by atoms with E-state index < -0.39 is 7.60 Å². The largest absolute Gasteiger partial charge is 0.423 e. The fraction of sp³-hybridized carbons (Fsp3) is 0.318. The van der Waals surface area contributed by atoms with Crippen LogP contribution in [0.3, 0.4) is 0 Å². The quantitative estimate of drug-likeness (QED) is 0.530. The Hall–Kier alpha value is -2.44. The van der Waals surface area contributed by atoms with Crippen molar-refractivity contribution in [3.63, 3.8) is 0 Å². The first kappa shape index (κ1) is 20.8. The number of nitrogens with zero attached hydrogens (tertiary/aromatic N) is 2. The lowest BCUT2D eigenvalue weighted by molar-refractivity contribution is 0.120. The van der Waals surface area contributed by atoms with Gasteiger partial charge in [0, 0.05) is 27.3 Å². The number of hydrogen-bond donors (Lipinski definition) is 0. The van der Waals surface area contributed by atoms with Crippen molar-refractivity contribution in [2.24, 2.45) is 0 Å². The minimum atomic E-state index is -3.63. The van der Waals surface area contributed by atoms with Gasteiger partial charge < -0.3 is 23.1 Å². The molecule has 0 unspecified atom stereocenters. The Morgan fingerprint density at radius 2 is 1.47 bits per heavy atom. The highest BCUT2D eigenvalue weighted by Gasteiger charge is 2.38. The van der Waals surface area contributed by atoms with Crippen LogP contribution in [0.5, 0.6) is 0 Å². The molecule has 0 radical (unpaired) electrons. The molecule has 2 aromatic carbocycles. The molecule has 7 nitrogen and oxygen atoms in total. The third-order valence-electron chi connectivity index (χ3n) is 5.16. The van der Waals surface area contributed by atoms with Gasteiger partial charge in [0.15, 0.2) is 0 Å². The second-order valence-corrected chi connectivity index (χ2v) is 9.05. The van der Waals surface area contributed by atoms with Gasteiger partial charge in [0.25, 0.3) is 0 Å². The first-order valence-corrected chi connectivity index (χ1v) is 11.4. The predicted molar refractivity (Wildman–Crippen MR) is 115 cm³/mol. The van der Waals surface area contributed by atoms with Crippen molar-refractivity contribution in [1.82, 2.24) is 4.98 Å². The van der Waals surface area contributed by atoms with Crippen LogP contribution in [0.15, 0.2) is 65.1 Å².